The molecule has 0 aromatic heterocycles. The molecule has 0 bridgehead atoms. The van der Waals surface area contributed by atoms with Crippen molar-refractivity contribution in [1.29, 1.82) is 0 Å². The van der Waals surface area contributed by atoms with Crippen molar-refractivity contribution >= 4 is 23.6 Å². The van der Waals surface area contributed by atoms with Crippen LogP contribution in [-0.4, -0.2) is 34.2 Å². The first-order valence-corrected chi connectivity index (χ1v) is 6.62. The molecule has 0 aliphatic carbocycles. The minimum absolute atomic E-state index is 0.00733. The van der Waals surface area contributed by atoms with Crippen LogP contribution in [0.4, 0.5) is 5.69 Å². The summed E-state index contributed by atoms with van der Waals surface area (Å²) in [7, 11) is -2.75. The van der Waals surface area contributed by atoms with Crippen LogP contribution in [0, 0.1) is 0 Å². The summed E-state index contributed by atoms with van der Waals surface area (Å²) in [6.45, 7) is 0. The normalized spacial score (nSPS) is 12.9. The van der Waals surface area contributed by atoms with Gasteiger partial charge in [-0.25, -0.2) is 4.79 Å². The lowest BCUT2D eigenvalue weighted by Crippen LogP contribution is -2.11. The number of phenols is 2. The van der Waals surface area contributed by atoms with E-state index in [4.69, 9.17) is 9.22 Å². The van der Waals surface area contributed by atoms with Gasteiger partial charge in [0.15, 0.2) is 11.5 Å². The molecule has 2 aromatic rings. The minimum atomic E-state index is -2.75. The molecule has 4 N–H and O–H groups in total. The average Bonchev–Trinajstić information content (AvgIpc) is 2.55. The number of amides is 1. The maximum absolute atomic E-state index is 12.0. The van der Waals surface area contributed by atoms with Crippen molar-refractivity contribution in [2.24, 2.45) is 0 Å². The van der Waals surface area contributed by atoms with Gasteiger partial charge >= 0.3 is 5.97 Å². The SMILES string of the molecule is [2H]C([2H])([2H])Oc1cc(/C=C/C(=O)Nc2ccc(O)cc2C(=O)O)ccc1O. The number of aromatic hydroxyl groups is 2. The average molecular weight is 332 g/mol. The number of carbonyl (C=O) groups excluding carboxylic acids is 1. The van der Waals surface area contributed by atoms with Crippen molar-refractivity contribution in [3.05, 3.63) is 53.6 Å². The molecule has 0 atom stereocenters. The number of anilines is 1. The maximum Gasteiger partial charge on any atom is 0.337 e. The summed E-state index contributed by atoms with van der Waals surface area (Å²) in [5, 5.41) is 30.4. The van der Waals surface area contributed by atoms with Crippen LogP contribution >= 0.6 is 0 Å². The van der Waals surface area contributed by atoms with Gasteiger partial charge in [0, 0.05) is 6.08 Å². The van der Waals surface area contributed by atoms with Crippen molar-refractivity contribution in [3.8, 4) is 17.2 Å². The van der Waals surface area contributed by atoms with Crippen molar-refractivity contribution < 1.29 is 33.8 Å². The van der Waals surface area contributed by atoms with Crippen LogP contribution in [0.15, 0.2) is 42.5 Å². The molecular weight excluding hydrogens is 314 g/mol. The highest BCUT2D eigenvalue weighted by atomic mass is 16.5. The van der Waals surface area contributed by atoms with Crippen LogP contribution in [0.2, 0.25) is 0 Å². The van der Waals surface area contributed by atoms with E-state index in [1.807, 2.05) is 0 Å². The summed E-state index contributed by atoms with van der Waals surface area (Å²) in [5.74, 6) is -2.89. The van der Waals surface area contributed by atoms with E-state index in [9.17, 15) is 19.8 Å². The third-order valence-electron chi connectivity index (χ3n) is 3.01. The lowest BCUT2D eigenvalue weighted by Gasteiger charge is -2.07. The zero-order valence-corrected chi connectivity index (χ0v) is 12.2. The molecule has 0 fully saturated rings. The molecule has 2 rings (SSSR count). The topological polar surface area (TPSA) is 116 Å². The summed E-state index contributed by atoms with van der Waals surface area (Å²) < 4.78 is 25.8. The molecule has 2 aromatic carbocycles. The number of ether oxygens (including phenoxy) is 1. The summed E-state index contributed by atoms with van der Waals surface area (Å²) in [5.41, 5.74) is 0.0770. The third kappa shape index (κ3) is 4.04. The molecule has 0 spiro atoms. The lowest BCUT2D eigenvalue weighted by molar-refractivity contribution is -0.111. The van der Waals surface area contributed by atoms with Crippen LogP contribution in [0.3, 0.4) is 0 Å². The van der Waals surface area contributed by atoms with Crippen molar-refractivity contribution in [3.63, 3.8) is 0 Å². The number of aromatic carboxylic acids is 1. The number of nitrogens with one attached hydrogen (secondary N) is 1. The molecule has 0 saturated heterocycles. The van der Waals surface area contributed by atoms with Gasteiger partial charge in [-0.3, -0.25) is 4.79 Å². The second kappa shape index (κ2) is 7.19. The molecule has 0 aliphatic rings. The molecule has 124 valence electrons. The van der Waals surface area contributed by atoms with E-state index >= 15 is 0 Å². The number of hydrogen-bond donors (Lipinski definition) is 4. The number of benzene rings is 2. The van der Waals surface area contributed by atoms with Gasteiger partial charge in [-0.1, -0.05) is 6.07 Å². The van der Waals surface area contributed by atoms with Gasteiger partial charge in [0.2, 0.25) is 5.91 Å². The Morgan fingerprint density at radius 2 is 2.00 bits per heavy atom. The molecule has 0 heterocycles. The molecule has 0 radical (unpaired) electrons. The molecule has 7 nitrogen and oxygen atoms in total. The number of carboxylic acids is 1. The fourth-order valence-electron chi connectivity index (χ4n) is 1.88. The van der Waals surface area contributed by atoms with E-state index in [0.29, 0.717) is 5.56 Å². The molecule has 1 amide bonds. The zero-order valence-electron chi connectivity index (χ0n) is 15.2. The predicted molar refractivity (Wildman–Crippen MR) is 87.4 cm³/mol. The van der Waals surface area contributed by atoms with Crippen molar-refractivity contribution in [1.82, 2.24) is 0 Å². The van der Waals surface area contributed by atoms with Crippen molar-refractivity contribution in [2.75, 3.05) is 12.4 Å². The minimum Gasteiger partial charge on any atom is -0.508 e. The first-order valence-electron chi connectivity index (χ1n) is 8.12. The van der Waals surface area contributed by atoms with Crippen LogP contribution in [0.1, 0.15) is 20.0 Å². The summed E-state index contributed by atoms with van der Waals surface area (Å²) >= 11 is 0. The monoisotopic (exact) mass is 332 g/mol. The van der Waals surface area contributed by atoms with Gasteiger partial charge in [-0.05, 0) is 42.0 Å². The Kier molecular flexibility index (Phi) is 3.89. The maximum atomic E-state index is 12.0. The summed E-state index contributed by atoms with van der Waals surface area (Å²) in [4.78, 5) is 23.2. The summed E-state index contributed by atoms with van der Waals surface area (Å²) in [6, 6.07) is 7.34. The van der Waals surface area contributed by atoms with E-state index < -0.39 is 18.9 Å². The molecule has 0 aliphatic heterocycles. The van der Waals surface area contributed by atoms with Crippen LogP contribution in [0.25, 0.3) is 6.08 Å². The van der Waals surface area contributed by atoms with E-state index in [1.54, 1.807) is 0 Å². The van der Waals surface area contributed by atoms with Gasteiger partial charge in [0.25, 0.3) is 0 Å². The van der Waals surface area contributed by atoms with Crippen molar-refractivity contribution in [2.45, 2.75) is 0 Å². The predicted octanol–water partition coefficient (Wildman–Crippen LogP) is 2.46. The largest absolute Gasteiger partial charge is 0.508 e. The Labute approximate surface area is 141 Å². The van der Waals surface area contributed by atoms with Crippen LogP contribution < -0.4 is 10.1 Å². The van der Waals surface area contributed by atoms with E-state index in [0.717, 1.165) is 12.1 Å². The van der Waals surface area contributed by atoms with Gasteiger partial charge in [0.1, 0.15) is 5.75 Å². The standard InChI is InChI=1S/C17H15NO6/c1-24-15-8-10(2-6-14(15)20)3-7-16(21)18-13-5-4-11(19)9-12(13)17(22)23/h2-9,19-20H,1H3,(H,18,21)(H,22,23)/b7-3+/i1D3. The molecule has 24 heavy (non-hydrogen) atoms. The number of carbonyl (C=O) groups is 2. The highest BCUT2D eigenvalue weighted by Gasteiger charge is 2.12. The highest BCUT2D eigenvalue weighted by molar-refractivity contribution is 6.06. The van der Waals surface area contributed by atoms with E-state index in [1.165, 1.54) is 36.4 Å². The third-order valence-corrected chi connectivity index (χ3v) is 3.01. The van der Waals surface area contributed by atoms with Gasteiger partial charge in [-0.2, -0.15) is 0 Å². The molecule has 7 heteroatoms. The van der Waals surface area contributed by atoms with E-state index in [-0.39, 0.29) is 28.5 Å². The second-order valence-corrected chi connectivity index (χ2v) is 4.69. The number of hydrogen-bond acceptors (Lipinski definition) is 5. The quantitative estimate of drug-likeness (QED) is 0.494. The van der Waals surface area contributed by atoms with Gasteiger partial charge < -0.3 is 25.4 Å². The number of rotatable bonds is 5. The highest BCUT2D eigenvalue weighted by Crippen LogP contribution is 2.27. The Balaban J connectivity index is 2.16. The molecule has 0 saturated carbocycles. The zero-order chi connectivity index (χ0) is 20.2. The van der Waals surface area contributed by atoms with Gasteiger partial charge in [-0.15, -0.1) is 0 Å². The number of carboxylic acid groups (broad SMARTS) is 1. The van der Waals surface area contributed by atoms with Crippen LogP contribution in [0.5, 0.6) is 17.2 Å². The first kappa shape index (κ1) is 13.0. The second-order valence-electron chi connectivity index (χ2n) is 4.69. The first-order chi connectivity index (χ1) is 12.5. The fourth-order valence-corrected chi connectivity index (χ4v) is 1.88. The Morgan fingerprint density at radius 3 is 2.71 bits per heavy atom. The lowest BCUT2D eigenvalue weighted by atomic mass is 10.1. The Morgan fingerprint density at radius 1 is 1.21 bits per heavy atom. The molecular formula is C17H15NO6. The molecule has 0 unspecified atom stereocenters. The van der Waals surface area contributed by atoms with E-state index in [2.05, 4.69) is 10.1 Å². The van der Waals surface area contributed by atoms with Gasteiger partial charge in [0.05, 0.1) is 22.4 Å². The Bertz CT molecular complexity index is 908. The fraction of sp³-hybridized carbons (Fsp3) is 0.0588. The number of phenolic OH excluding ortho intramolecular Hbond substituents is 2. The smallest absolute Gasteiger partial charge is 0.337 e. The Hall–Kier alpha value is -3.48. The summed E-state index contributed by atoms with van der Waals surface area (Å²) in [6.07, 6.45) is 2.41. The van der Waals surface area contributed by atoms with Crippen LogP contribution in [-0.2, 0) is 4.79 Å². The number of methoxy groups -OCH3 is 1.